The van der Waals surface area contributed by atoms with Crippen LogP contribution in [0.15, 0.2) is 30.3 Å². The first-order valence-electron chi connectivity index (χ1n) is 14.3. The van der Waals surface area contributed by atoms with E-state index in [0.29, 0.717) is 31.2 Å². The lowest BCUT2D eigenvalue weighted by Gasteiger charge is -2.46. The number of hydrogen-bond acceptors (Lipinski definition) is 14. The fourth-order valence-corrected chi connectivity index (χ4v) is 5.83. The van der Waals surface area contributed by atoms with Crippen LogP contribution < -0.4 is 0 Å². The topological polar surface area (TPSA) is 248 Å². The lowest BCUT2D eigenvalue weighted by molar-refractivity contribution is -0.344. The van der Waals surface area contributed by atoms with Crippen LogP contribution in [0.3, 0.4) is 0 Å². The second kappa shape index (κ2) is 15.2. The lowest BCUT2D eigenvalue weighted by atomic mass is 9.93. The molecule has 0 amide bonds. The van der Waals surface area contributed by atoms with Crippen molar-refractivity contribution in [2.45, 2.75) is 119 Å². The molecule has 1 aliphatic carbocycles. The fraction of sp³-hybridized carbons (Fsp3) is 0.741. The van der Waals surface area contributed by atoms with Gasteiger partial charge in [-0.25, -0.2) is 8.98 Å². The predicted octanol–water partition coefficient (Wildman–Crippen LogP) is -1.49. The van der Waals surface area contributed by atoms with E-state index < -0.39 is 103 Å². The summed E-state index contributed by atoms with van der Waals surface area (Å²) in [7, 11) is -4.97. The van der Waals surface area contributed by atoms with E-state index in [2.05, 4.69) is 4.18 Å². The summed E-state index contributed by atoms with van der Waals surface area (Å²) in [5, 5.41) is 62.6. The largest absolute Gasteiger partial charge is 0.479 e. The zero-order valence-electron chi connectivity index (χ0n) is 23.8. The summed E-state index contributed by atoms with van der Waals surface area (Å²) in [5.74, 6) is -1.39. The van der Waals surface area contributed by atoms with E-state index in [4.69, 9.17) is 28.2 Å². The molecule has 1 aromatic rings. The summed E-state index contributed by atoms with van der Waals surface area (Å²) in [6.07, 6.45) is -16.2. The highest BCUT2D eigenvalue weighted by molar-refractivity contribution is 7.80. The number of carbonyl (C=O) groups is 1. The fourth-order valence-electron chi connectivity index (χ4n) is 5.52. The van der Waals surface area contributed by atoms with Crippen molar-refractivity contribution in [3.05, 3.63) is 35.9 Å². The van der Waals surface area contributed by atoms with Crippen molar-refractivity contribution in [1.29, 1.82) is 0 Å². The van der Waals surface area contributed by atoms with Gasteiger partial charge in [-0.2, -0.15) is 8.42 Å². The Morgan fingerprint density at radius 3 is 2.05 bits per heavy atom. The number of rotatable bonds is 12. The van der Waals surface area contributed by atoms with Gasteiger partial charge in [0.1, 0.15) is 42.7 Å². The second-order valence-electron chi connectivity index (χ2n) is 11.2. The van der Waals surface area contributed by atoms with E-state index >= 15 is 0 Å². The van der Waals surface area contributed by atoms with E-state index in [0.717, 1.165) is 0 Å². The second-order valence-corrected chi connectivity index (χ2v) is 12.3. The number of aliphatic hydroxyl groups excluding tert-OH is 5. The molecule has 2 unspecified atom stereocenters. The van der Waals surface area contributed by atoms with Crippen molar-refractivity contribution < 1.29 is 76.3 Å². The number of benzene rings is 1. The molecule has 2 aliphatic heterocycles. The maximum absolute atomic E-state index is 12.1. The van der Waals surface area contributed by atoms with E-state index in [1.54, 1.807) is 30.3 Å². The monoisotopic (exact) mass is 652 g/mol. The normalized spacial score (nSPS) is 39.1. The van der Waals surface area contributed by atoms with Gasteiger partial charge in [0, 0.05) is 6.42 Å². The molecule has 13 atom stereocenters. The molecule has 1 saturated carbocycles. The van der Waals surface area contributed by atoms with Gasteiger partial charge in [-0.1, -0.05) is 43.2 Å². The Balaban J connectivity index is 1.52. The first-order valence-corrected chi connectivity index (χ1v) is 15.7. The zero-order chi connectivity index (χ0) is 32.2. The van der Waals surface area contributed by atoms with E-state index in [1.165, 1.54) is 6.92 Å². The molecular weight excluding hydrogens is 612 g/mol. The molecule has 17 heteroatoms. The Morgan fingerprint density at radius 2 is 1.48 bits per heavy atom. The van der Waals surface area contributed by atoms with Crippen molar-refractivity contribution in [1.82, 2.24) is 0 Å². The van der Waals surface area contributed by atoms with Crippen molar-refractivity contribution in [2.75, 3.05) is 6.61 Å². The first kappa shape index (κ1) is 35.0. The highest BCUT2D eigenvalue weighted by Gasteiger charge is 2.50. The van der Waals surface area contributed by atoms with Gasteiger partial charge < -0.3 is 54.3 Å². The van der Waals surface area contributed by atoms with Gasteiger partial charge in [0.15, 0.2) is 18.7 Å². The molecule has 3 aliphatic rings. The standard InChI is InChI=1S/C27H40O16S/c1-13-19(28)21(30)22(31)26(39-13)41-15-9-5-6-10-16(15)42-27-23(32)24(20(29)18(43-27)12-38-44(35,36)37)40-17(25(33)34)11-14-7-3-2-4-8-14/h2-4,7-8,13,15-24,26-32H,5-6,9-12H2,1H3,(H,33,34)(H,35,36,37)/t13-,15?,16+,17+,18-,19-,20+,21-,22-,23+,24+,26-,27?/m1/s1. The molecule has 0 bridgehead atoms. The molecule has 44 heavy (non-hydrogen) atoms. The van der Waals surface area contributed by atoms with Gasteiger partial charge >= 0.3 is 16.4 Å². The Labute approximate surface area is 254 Å². The number of aliphatic hydroxyl groups is 5. The van der Waals surface area contributed by atoms with Crippen LogP contribution >= 0.6 is 0 Å². The summed E-state index contributed by atoms with van der Waals surface area (Å²) in [6, 6.07) is 8.47. The van der Waals surface area contributed by atoms with Gasteiger partial charge in [0.05, 0.1) is 24.9 Å². The number of hydrogen-bond donors (Lipinski definition) is 7. The Morgan fingerprint density at radius 1 is 0.886 bits per heavy atom. The molecule has 7 N–H and O–H groups in total. The third-order valence-electron chi connectivity index (χ3n) is 7.95. The molecule has 250 valence electrons. The Hall–Kier alpha value is -1.84. The average molecular weight is 653 g/mol. The van der Waals surface area contributed by atoms with Crippen molar-refractivity contribution in [3.8, 4) is 0 Å². The minimum absolute atomic E-state index is 0.133. The van der Waals surface area contributed by atoms with Gasteiger partial charge in [0.2, 0.25) is 0 Å². The molecule has 0 aromatic heterocycles. The Kier molecular flexibility index (Phi) is 12.1. The maximum Gasteiger partial charge on any atom is 0.397 e. The minimum Gasteiger partial charge on any atom is -0.479 e. The van der Waals surface area contributed by atoms with E-state index in [1.807, 2.05) is 0 Å². The summed E-state index contributed by atoms with van der Waals surface area (Å²) in [5.41, 5.74) is 0.594. The highest BCUT2D eigenvalue weighted by atomic mass is 32.3. The van der Waals surface area contributed by atoms with Crippen LogP contribution in [-0.2, 0) is 49.5 Å². The molecule has 2 saturated heterocycles. The van der Waals surface area contributed by atoms with Gasteiger partial charge in [-0.3, -0.25) is 4.55 Å². The number of ether oxygens (including phenoxy) is 5. The third-order valence-corrected chi connectivity index (χ3v) is 8.39. The molecule has 1 aromatic carbocycles. The van der Waals surface area contributed by atoms with Gasteiger partial charge in [-0.05, 0) is 25.3 Å². The summed E-state index contributed by atoms with van der Waals surface area (Å²) < 4.78 is 64.8. The number of carboxylic acids is 1. The van der Waals surface area contributed by atoms with Crippen LogP contribution in [0, 0.1) is 0 Å². The summed E-state index contributed by atoms with van der Waals surface area (Å²) >= 11 is 0. The summed E-state index contributed by atoms with van der Waals surface area (Å²) in [6.45, 7) is 0.577. The molecular formula is C27H40O16S. The summed E-state index contributed by atoms with van der Waals surface area (Å²) in [4.78, 5) is 12.1. The van der Waals surface area contributed by atoms with Crippen molar-refractivity contribution in [2.24, 2.45) is 0 Å². The third kappa shape index (κ3) is 8.91. The molecule has 4 rings (SSSR count). The zero-order valence-corrected chi connectivity index (χ0v) is 24.7. The van der Waals surface area contributed by atoms with E-state index in [-0.39, 0.29) is 6.42 Å². The SMILES string of the molecule is C[C@H]1O[C@H](OC2CCCC[C@@H]2OC2O[C@H](COS(=O)(=O)O)[C@H](O)[C@H](O[C@@H](Cc3ccccc3)C(=O)O)[C@@H]2O)[C@H](O)[C@H](O)[C@@H]1O. The average Bonchev–Trinajstić information content (AvgIpc) is 2.98. The quantitative estimate of drug-likeness (QED) is 0.127. The van der Waals surface area contributed by atoms with Crippen LogP contribution in [0.1, 0.15) is 38.2 Å². The van der Waals surface area contributed by atoms with Crippen LogP contribution in [0.4, 0.5) is 0 Å². The van der Waals surface area contributed by atoms with E-state index in [9.17, 15) is 43.9 Å². The molecule has 0 spiro atoms. The lowest BCUT2D eigenvalue weighted by Crippen LogP contribution is -2.62. The smallest absolute Gasteiger partial charge is 0.397 e. The molecule has 0 radical (unpaired) electrons. The number of aliphatic carboxylic acids is 1. The van der Waals surface area contributed by atoms with Crippen LogP contribution in [0.25, 0.3) is 0 Å². The first-order chi connectivity index (χ1) is 20.7. The molecule has 2 heterocycles. The number of carboxylic acid groups (broad SMARTS) is 1. The maximum atomic E-state index is 12.1. The van der Waals surface area contributed by atoms with Crippen LogP contribution in [0.2, 0.25) is 0 Å². The van der Waals surface area contributed by atoms with Crippen LogP contribution in [0.5, 0.6) is 0 Å². The Bertz CT molecular complexity index is 1170. The van der Waals surface area contributed by atoms with Gasteiger partial charge in [0.25, 0.3) is 0 Å². The highest BCUT2D eigenvalue weighted by Crippen LogP contribution is 2.33. The van der Waals surface area contributed by atoms with Crippen LogP contribution in [-0.4, -0.2) is 136 Å². The molecule has 16 nitrogen and oxygen atoms in total. The van der Waals surface area contributed by atoms with Gasteiger partial charge in [-0.15, -0.1) is 0 Å². The molecule has 3 fully saturated rings. The van der Waals surface area contributed by atoms with Crippen molar-refractivity contribution in [3.63, 3.8) is 0 Å². The predicted molar refractivity (Wildman–Crippen MR) is 145 cm³/mol. The van der Waals surface area contributed by atoms with Crippen molar-refractivity contribution >= 4 is 16.4 Å². The minimum atomic E-state index is -4.97.